The van der Waals surface area contributed by atoms with E-state index >= 15 is 0 Å². The Bertz CT molecular complexity index is 1690. The Morgan fingerprint density at radius 3 is 1.27 bits per heavy atom. The summed E-state index contributed by atoms with van der Waals surface area (Å²) in [5.41, 5.74) is 5.97. The normalized spacial score (nSPS) is 13.8. The van der Waals surface area contributed by atoms with Gasteiger partial charge in [-0.15, -0.1) is 0 Å². The number of rotatable bonds is 20. The minimum Gasteiger partial charge on any atom is -0.361 e. The lowest BCUT2D eigenvalue weighted by atomic mass is 10.1. The number of hydrogen-bond donors (Lipinski definition) is 4. The van der Waals surface area contributed by atoms with Gasteiger partial charge in [0.05, 0.1) is 26.4 Å². The van der Waals surface area contributed by atoms with Crippen molar-refractivity contribution >= 4 is 37.0 Å². The number of nitrogens with one attached hydrogen (secondary N) is 4. The maximum atomic E-state index is 14.2. The fraction of sp³-hybridized carbons (Fsp3) is 0.389. The summed E-state index contributed by atoms with van der Waals surface area (Å²) >= 11 is 0. The Morgan fingerprint density at radius 1 is 0.562 bits per heavy atom. The van der Waals surface area contributed by atoms with Gasteiger partial charge in [0.2, 0.25) is 0 Å². The molecule has 0 amide bonds. The van der Waals surface area contributed by atoms with Crippen LogP contribution >= 0.6 is 15.2 Å². The second kappa shape index (κ2) is 17.1. The van der Waals surface area contributed by atoms with Crippen molar-refractivity contribution in [2.24, 2.45) is 0 Å². The summed E-state index contributed by atoms with van der Waals surface area (Å²) in [4.78, 5) is 6.65. The second-order valence-corrected chi connectivity index (χ2v) is 15.6. The predicted octanol–water partition coefficient (Wildman–Crippen LogP) is 8.84. The van der Waals surface area contributed by atoms with Crippen LogP contribution in [0.5, 0.6) is 0 Å². The quantitative estimate of drug-likeness (QED) is 0.0596. The summed E-state index contributed by atoms with van der Waals surface area (Å²) < 4.78 is 51.7. The highest BCUT2D eigenvalue weighted by Gasteiger charge is 2.39. The molecule has 0 aliphatic heterocycles. The molecule has 0 bridgehead atoms. The molecule has 0 spiro atoms. The zero-order chi connectivity index (χ0) is 34.0. The second-order valence-electron chi connectivity index (χ2n) is 11.3. The molecule has 0 saturated heterocycles. The van der Waals surface area contributed by atoms with Gasteiger partial charge in [0.15, 0.2) is 0 Å². The zero-order valence-corrected chi connectivity index (χ0v) is 30.0. The van der Waals surface area contributed by atoms with Crippen LogP contribution in [0.4, 0.5) is 0 Å². The van der Waals surface area contributed by atoms with E-state index in [9.17, 15) is 9.13 Å². The summed E-state index contributed by atoms with van der Waals surface area (Å²) in [6.07, 6.45) is 5.46. The predicted molar refractivity (Wildman–Crippen MR) is 194 cm³/mol. The van der Waals surface area contributed by atoms with Crippen molar-refractivity contribution in [3.8, 4) is 0 Å². The summed E-state index contributed by atoms with van der Waals surface area (Å²) in [5, 5.41) is 9.29. The van der Waals surface area contributed by atoms with E-state index in [1.54, 1.807) is 0 Å². The molecule has 0 radical (unpaired) electrons. The molecule has 0 aliphatic carbocycles. The zero-order valence-electron chi connectivity index (χ0n) is 28.2. The van der Waals surface area contributed by atoms with Gasteiger partial charge < -0.3 is 28.1 Å². The van der Waals surface area contributed by atoms with Gasteiger partial charge in [-0.3, -0.25) is 19.8 Å². The standard InChI is InChI=1S/C36H48N4O6P2/c1-5-43-47(41,44-6-2)35(37-23-21-29-25-39-33-15-11-9-13-31(29)33)27-17-19-28(20-18-27)36(48(42,45-7-3)46-8-4)38-24-22-30-26-40-34-16-12-10-14-32(30)34/h9-20,25-26,35-40H,5-8,21-24H2,1-4H3. The molecule has 3 aromatic carbocycles. The lowest BCUT2D eigenvalue weighted by molar-refractivity contribution is 0.206. The van der Waals surface area contributed by atoms with Gasteiger partial charge in [0, 0.05) is 47.3 Å². The number of aromatic amines is 2. The molecule has 48 heavy (non-hydrogen) atoms. The Hall–Kier alpha value is -3.04. The molecule has 10 nitrogen and oxygen atoms in total. The highest BCUT2D eigenvalue weighted by atomic mass is 31.2. The lowest BCUT2D eigenvalue weighted by Gasteiger charge is -2.29. The molecule has 2 atom stereocenters. The molecule has 4 N–H and O–H groups in total. The third-order valence-corrected chi connectivity index (χ3v) is 12.9. The van der Waals surface area contributed by atoms with Crippen molar-refractivity contribution in [1.29, 1.82) is 0 Å². The molecule has 2 heterocycles. The SMILES string of the molecule is CCOP(=O)(OCC)C(NCCc1c[nH]c2ccccc12)c1ccc(C(NCCc2c[nH]c3ccccc23)P(=O)(OCC)OCC)cc1. The van der Waals surface area contributed by atoms with Crippen LogP contribution in [-0.2, 0) is 40.1 Å². The van der Waals surface area contributed by atoms with E-state index in [2.05, 4.69) is 44.9 Å². The van der Waals surface area contributed by atoms with E-state index in [1.807, 2.05) is 88.6 Å². The number of hydrogen-bond acceptors (Lipinski definition) is 8. The molecular formula is C36H48N4O6P2. The molecule has 12 heteroatoms. The minimum absolute atomic E-state index is 0.240. The van der Waals surface area contributed by atoms with Gasteiger partial charge in [0.25, 0.3) is 0 Å². The van der Waals surface area contributed by atoms with E-state index in [1.165, 1.54) is 11.1 Å². The smallest absolute Gasteiger partial charge is 0.351 e. The lowest BCUT2D eigenvalue weighted by Crippen LogP contribution is -2.27. The van der Waals surface area contributed by atoms with E-state index in [0.29, 0.717) is 25.9 Å². The number of H-pyrrole nitrogens is 2. The Balaban J connectivity index is 1.39. The summed E-state index contributed by atoms with van der Waals surface area (Å²) in [6.45, 7) is 9.28. The van der Waals surface area contributed by atoms with Crippen LogP contribution in [0.1, 0.15) is 61.5 Å². The fourth-order valence-electron chi connectivity index (χ4n) is 6.14. The maximum absolute atomic E-state index is 14.2. The summed E-state index contributed by atoms with van der Waals surface area (Å²) in [6, 6.07) is 23.9. The first kappa shape index (κ1) is 36.2. The van der Waals surface area contributed by atoms with E-state index in [4.69, 9.17) is 18.1 Å². The van der Waals surface area contributed by atoms with Crippen molar-refractivity contribution in [3.05, 3.63) is 107 Å². The highest BCUT2D eigenvalue weighted by Crippen LogP contribution is 2.61. The minimum atomic E-state index is -3.61. The number of para-hydroxylation sites is 2. The van der Waals surface area contributed by atoms with Crippen molar-refractivity contribution in [1.82, 2.24) is 20.6 Å². The third-order valence-electron chi connectivity index (χ3n) is 8.25. The molecule has 2 unspecified atom stereocenters. The van der Waals surface area contributed by atoms with Crippen molar-refractivity contribution in [3.63, 3.8) is 0 Å². The first-order valence-electron chi connectivity index (χ1n) is 16.8. The van der Waals surface area contributed by atoms with Crippen LogP contribution in [-0.4, -0.2) is 49.5 Å². The Morgan fingerprint density at radius 2 is 0.917 bits per heavy atom. The van der Waals surface area contributed by atoms with Crippen LogP contribution in [0, 0.1) is 0 Å². The highest BCUT2D eigenvalue weighted by molar-refractivity contribution is 7.54. The van der Waals surface area contributed by atoms with Crippen LogP contribution in [0.25, 0.3) is 21.8 Å². The Kier molecular flexibility index (Phi) is 12.9. The third kappa shape index (κ3) is 8.39. The molecule has 258 valence electrons. The van der Waals surface area contributed by atoms with Crippen LogP contribution in [0.3, 0.4) is 0 Å². The average molecular weight is 695 g/mol. The molecule has 5 rings (SSSR count). The number of benzene rings is 3. The summed E-state index contributed by atoms with van der Waals surface area (Å²) in [7, 11) is -7.21. The molecule has 2 aromatic heterocycles. The van der Waals surface area contributed by atoms with Gasteiger partial charge in [0.1, 0.15) is 11.6 Å². The van der Waals surface area contributed by atoms with Gasteiger partial charge in [-0.2, -0.15) is 0 Å². The first-order chi connectivity index (χ1) is 23.4. The molecule has 0 aliphatic rings. The topological polar surface area (TPSA) is 127 Å². The average Bonchev–Trinajstić information content (AvgIpc) is 3.70. The van der Waals surface area contributed by atoms with E-state index in [0.717, 1.165) is 32.9 Å². The van der Waals surface area contributed by atoms with Crippen LogP contribution < -0.4 is 10.6 Å². The molecule has 0 saturated carbocycles. The largest absolute Gasteiger partial charge is 0.361 e. The van der Waals surface area contributed by atoms with E-state index < -0.39 is 26.8 Å². The monoisotopic (exact) mass is 694 g/mol. The van der Waals surface area contributed by atoms with Gasteiger partial charge >= 0.3 is 15.2 Å². The van der Waals surface area contributed by atoms with Crippen molar-refractivity contribution < 1.29 is 27.2 Å². The Labute approximate surface area is 283 Å². The van der Waals surface area contributed by atoms with Crippen molar-refractivity contribution in [2.75, 3.05) is 39.5 Å². The van der Waals surface area contributed by atoms with Gasteiger partial charge in [-0.1, -0.05) is 60.7 Å². The molecule has 5 aromatic rings. The fourth-order valence-corrected chi connectivity index (χ4v) is 10.1. The van der Waals surface area contributed by atoms with Gasteiger partial charge in [-0.05, 0) is 74.9 Å². The first-order valence-corrected chi connectivity index (χ1v) is 20.0. The molecular weight excluding hydrogens is 646 g/mol. The van der Waals surface area contributed by atoms with Crippen molar-refractivity contribution in [2.45, 2.75) is 52.1 Å². The van der Waals surface area contributed by atoms with Gasteiger partial charge in [-0.25, -0.2) is 0 Å². The molecule has 0 fully saturated rings. The summed E-state index contributed by atoms with van der Waals surface area (Å²) in [5.74, 6) is -1.42. The number of aromatic nitrogens is 2. The van der Waals surface area contributed by atoms with Crippen LogP contribution in [0.15, 0.2) is 85.2 Å². The van der Waals surface area contributed by atoms with E-state index in [-0.39, 0.29) is 26.4 Å². The maximum Gasteiger partial charge on any atom is 0.351 e. The van der Waals surface area contributed by atoms with Crippen LogP contribution in [0.2, 0.25) is 0 Å². The number of fused-ring (bicyclic) bond motifs is 2.